The summed E-state index contributed by atoms with van der Waals surface area (Å²) in [5, 5.41) is 3.69. The van der Waals surface area contributed by atoms with E-state index in [4.69, 9.17) is 27.9 Å². The van der Waals surface area contributed by atoms with Crippen molar-refractivity contribution in [3.05, 3.63) is 27.7 Å². The Labute approximate surface area is 118 Å². The summed E-state index contributed by atoms with van der Waals surface area (Å²) in [5.74, 6) is 0.502. The van der Waals surface area contributed by atoms with Crippen LogP contribution >= 0.6 is 23.2 Å². The van der Waals surface area contributed by atoms with Gasteiger partial charge in [-0.25, -0.2) is 0 Å². The third-order valence-electron chi connectivity index (χ3n) is 2.86. The van der Waals surface area contributed by atoms with Crippen LogP contribution < -0.4 is 10.1 Å². The molecule has 2 rings (SSSR count). The van der Waals surface area contributed by atoms with Crippen molar-refractivity contribution >= 4 is 23.2 Å². The van der Waals surface area contributed by atoms with Gasteiger partial charge < -0.3 is 10.1 Å². The molecule has 0 aliphatic carbocycles. The van der Waals surface area contributed by atoms with Gasteiger partial charge in [0.15, 0.2) is 0 Å². The Balaban J connectivity index is 2.09. The minimum absolute atomic E-state index is 0.141. The maximum atomic E-state index is 12.1. The summed E-state index contributed by atoms with van der Waals surface area (Å²) >= 11 is 11.9. The number of hydrogen-bond donors (Lipinski definition) is 1. The average molecular weight is 314 g/mol. The summed E-state index contributed by atoms with van der Waals surface area (Å²) < 4.78 is 41.8. The van der Waals surface area contributed by atoms with E-state index in [0.717, 1.165) is 0 Å². The zero-order chi connectivity index (χ0) is 14.0. The van der Waals surface area contributed by atoms with Crippen LogP contribution in [-0.2, 0) is 0 Å². The van der Waals surface area contributed by atoms with Crippen molar-refractivity contribution in [1.29, 1.82) is 0 Å². The van der Waals surface area contributed by atoms with Gasteiger partial charge in [-0.05, 0) is 12.1 Å². The molecule has 2 nitrogen and oxygen atoms in total. The molecule has 1 aliphatic rings. The molecule has 0 saturated carbocycles. The highest BCUT2D eigenvalue weighted by Gasteiger charge is 2.28. The third-order valence-corrected chi connectivity index (χ3v) is 3.36. The van der Waals surface area contributed by atoms with Gasteiger partial charge in [0.2, 0.25) is 0 Å². The molecule has 1 N–H and O–H groups in total. The van der Waals surface area contributed by atoms with Crippen molar-refractivity contribution in [3.63, 3.8) is 0 Å². The molecule has 1 atom stereocenters. The van der Waals surface area contributed by atoms with E-state index in [9.17, 15) is 13.2 Å². The van der Waals surface area contributed by atoms with Gasteiger partial charge >= 0.3 is 6.18 Å². The summed E-state index contributed by atoms with van der Waals surface area (Å²) in [5.41, 5.74) is 0.714. The number of halogens is 5. The molecule has 1 unspecified atom stereocenters. The lowest BCUT2D eigenvalue weighted by atomic mass is 10.0. The van der Waals surface area contributed by atoms with Crippen LogP contribution in [0.5, 0.6) is 5.75 Å². The van der Waals surface area contributed by atoms with Crippen molar-refractivity contribution in [2.45, 2.75) is 25.1 Å². The molecule has 0 radical (unpaired) electrons. The van der Waals surface area contributed by atoms with Crippen molar-refractivity contribution in [2.24, 2.45) is 0 Å². The van der Waals surface area contributed by atoms with Crippen LogP contribution in [0.15, 0.2) is 12.1 Å². The van der Waals surface area contributed by atoms with Crippen LogP contribution in [0, 0.1) is 0 Å². The second-order valence-electron chi connectivity index (χ2n) is 4.31. The predicted octanol–water partition coefficient (Wildman–Crippen LogP) is 4.36. The van der Waals surface area contributed by atoms with Crippen molar-refractivity contribution in [1.82, 2.24) is 5.32 Å². The van der Waals surface area contributed by atoms with E-state index in [1.807, 2.05) is 0 Å². The lowest BCUT2D eigenvalue weighted by Crippen LogP contribution is -2.30. The minimum Gasteiger partial charge on any atom is -0.492 e. The Morgan fingerprint density at radius 2 is 2.05 bits per heavy atom. The highest BCUT2D eigenvalue weighted by molar-refractivity contribution is 6.35. The molecule has 1 heterocycles. The van der Waals surface area contributed by atoms with Crippen LogP contribution in [0.1, 0.15) is 24.4 Å². The fourth-order valence-corrected chi connectivity index (χ4v) is 2.59. The van der Waals surface area contributed by atoms with E-state index >= 15 is 0 Å². The van der Waals surface area contributed by atoms with Crippen molar-refractivity contribution in [2.75, 3.05) is 13.2 Å². The lowest BCUT2D eigenvalue weighted by Gasteiger charge is -2.28. The van der Waals surface area contributed by atoms with Gasteiger partial charge in [-0.2, -0.15) is 13.2 Å². The molecule has 0 amide bonds. The van der Waals surface area contributed by atoms with Gasteiger partial charge in [0.1, 0.15) is 5.75 Å². The standard InChI is InChI=1S/C12H12Cl2F3NO/c13-7-5-8-10(18-3-2-12(15,16)17)1-4-19-11(8)9(14)6-7/h5-6,10,18H,1-4H2. The average Bonchev–Trinajstić information content (AvgIpc) is 2.28. The Hall–Kier alpha value is -0.650. The number of fused-ring (bicyclic) bond motifs is 1. The first kappa shape index (κ1) is 14.8. The Morgan fingerprint density at radius 1 is 1.32 bits per heavy atom. The maximum Gasteiger partial charge on any atom is 0.390 e. The summed E-state index contributed by atoms with van der Waals surface area (Å²) in [7, 11) is 0. The monoisotopic (exact) mass is 313 g/mol. The molecule has 0 bridgehead atoms. The third kappa shape index (κ3) is 3.91. The minimum atomic E-state index is -4.16. The molecule has 0 spiro atoms. The molecule has 0 saturated heterocycles. The van der Waals surface area contributed by atoms with E-state index in [2.05, 4.69) is 5.32 Å². The van der Waals surface area contributed by atoms with E-state index in [1.165, 1.54) is 0 Å². The molecular weight excluding hydrogens is 302 g/mol. The van der Waals surface area contributed by atoms with Crippen molar-refractivity contribution in [3.8, 4) is 5.75 Å². The Bertz CT molecular complexity index is 465. The molecule has 1 aromatic carbocycles. The zero-order valence-corrected chi connectivity index (χ0v) is 11.4. The number of rotatable bonds is 3. The lowest BCUT2D eigenvalue weighted by molar-refractivity contribution is -0.133. The van der Waals surface area contributed by atoms with Gasteiger partial charge in [0, 0.05) is 29.6 Å². The number of alkyl halides is 3. The highest BCUT2D eigenvalue weighted by atomic mass is 35.5. The summed E-state index contributed by atoms with van der Waals surface area (Å²) in [4.78, 5) is 0. The molecule has 1 aliphatic heterocycles. The normalized spacial score (nSPS) is 18.9. The molecule has 7 heteroatoms. The topological polar surface area (TPSA) is 21.3 Å². The fourth-order valence-electron chi connectivity index (χ4n) is 2.03. The van der Waals surface area contributed by atoms with Crippen LogP contribution in [-0.4, -0.2) is 19.3 Å². The summed E-state index contributed by atoms with van der Waals surface area (Å²) in [6.45, 7) is 0.274. The summed E-state index contributed by atoms with van der Waals surface area (Å²) in [6, 6.07) is 3.01. The van der Waals surface area contributed by atoms with Gasteiger partial charge in [-0.15, -0.1) is 0 Å². The van der Waals surface area contributed by atoms with Crippen LogP contribution in [0.25, 0.3) is 0 Å². The number of ether oxygens (including phenoxy) is 1. The zero-order valence-electron chi connectivity index (χ0n) is 9.86. The van der Waals surface area contributed by atoms with Gasteiger partial charge in [0.25, 0.3) is 0 Å². The quantitative estimate of drug-likeness (QED) is 0.895. The Morgan fingerprint density at radius 3 is 2.74 bits per heavy atom. The molecular formula is C12H12Cl2F3NO. The molecule has 0 aromatic heterocycles. The van der Waals surface area contributed by atoms with Crippen LogP contribution in [0.3, 0.4) is 0 Å². The smallest absolute Gasteiger partial charge is 0.390 e. The van der Waals surface area contributed by atoms with E-state index in [-0.39, 0.29) is 12.6 Å². The largest absolute Gasteiger partial charge is 0.492 e. The first-order chi connectivity index (χ1) is 8.87. The number of benzene rings is 1. The first-order valence-corrected chi connectivity index (χ1v) is 6.54. The van der Waals surface area contributed by atoms with E-state index in [0.29, 0.717) is 34.4 Å². The van der Waals surface area contributed by atoms with Crippen LogP contribution in [0.4, 0.5) is 13.2 Å². The first-order valence-electron chi connectivity index (χ1n) is 5.79. The van der Waals surface area contributed by atoms with Crippen molar-refractivity contribution < 1.29 is 17.9 Å². The molecule has 106 valence electrons. The van der Waals surface area contributed by atoms with Gasteiger partial charge in [-0.1, -0.05) is 23.2 Å². The molecule has 19 heavy (non-hydrogen) atoms. The number of nitrogens with one attached hydrogen (secondary N) is 1. The molecule has 0 fully saturated rings. The second kappa shape index (κ2) is 5.77. The summed E-state index contributed by atoms with van der Waals surface area (Å²) in [6.07, 6.45) is -4.44. The Kier molecular flexibility index (Phi) is 4.48. The van der Waals surface area contributed by atoms with Crippen LogP contribution in [0.2, 0.25) is 10.0 Å². The van der Waals surface area contributed by atoms with Gasteiger partial charge in [0.05, 0.1) is 18.1 Å². The van der Waals surface area contributed by atoms with E-state index in [1.54, 1.807) is 12.1 Å². The molecule has 1 aromatic rings. The SMILES string of the molecule is FC(F)(F)CCNC1CCOc2c(Cl)cc(Cl)cc21. The van der Waals surface area contributed by atoms with E-state index < -0.39 is 12.6 Å². The second-order valence-corrected chi connectivity index (χ2v) is 5.16. The number of hydrogen-bond acceptors (Lipinski definition) is 2. The maximum absolute atomic E-state index is 12.1. The fraction of sp³-hybridized carbons (Fsp3) is 0.500. The highest BCUT2D eigenvalue weighted by Crippen LogP contribution is 2.39. The van der Waals surface area contributed by atoms with Gasteiger partial charge in [-0.3, -0.25) is 0 Å². The predicted molar refractivity (Wildman–Crippen MR) is 68.0 cm³/mol.